The Kier molecular flexibility index (Phi) is 2.87. The van der Waals surface area contributed by atoms with Gasteiger partial charge in [-0.25, -0.2) is 4.40 Å². The average Bonchev–Trinajstić information content (AvgIpc) is 2.08. The van der Waals surface area contributed by atoms with E-state index in [9.17, 15) is 0 Å². The van der Waals surface area contributed by atoms with E-state index >= 15 is 0 Å². The van der Waals surface area contributed by atoms with E-state index in [0.717, 1.165) is 22.6 Å². The second-order valence-corrected chi connectivity index (χ2v) is 2.92. The Balaban J connectivity index is 3.20. The van der Waals surface area contributed by atoms with Crippen molar-refractivity contribution in [2.75, 3.05) is 7.05 Å². The number of hydrogen-bond donors (Lipinski definition) is 1. The van der Waals surface area contributed by atoms with Crippen molar-refractivity contribution < 1.29 is 0 Å². The van der Waals surface area contributed by atoms with Gasteiger partial charge in [0.25, 0.3) is 0 Å². The van der Waals surface area contributed by atoms with Gasteiger partial charge in [0, 0.05) is 7.05 Å². The van der Waals surface area contributed by atoms with Crippen molar-refractivity contribution in [2.45, 2.75) is 13.8 Å². The van der Waals surface area contributed by atoms with Gasteiger partial charge in [-0.15, -0.1) is 0 Å². The first kappa shape index (κ1) is 9.26. The van der Waals surface area contributed by atoms with Gasteiger partial charge in [0.05, 0.1) is 11.4 Å². The third-order valence-electron chi connectivity index (χ3n) is 1.88. The van der Waals surface area contributed by atoms with Crippen LogP contribution in [0.25, 0.3) is 0 Å². The molecule has 1 rings (SSSR count). The van der Waals surface area contributed by atoms with Crippen LogP contribution in [-0.2, 0) is 0 Å². The average molecular weight is 180 g/mol. The van der Waals surface area contributed by atoms with E-state index in [1.165, 1.54) is 0 Å². The highest BCUT2D eigenvalue weighted by molar-refractivity contribution is 7.79. The SMILES string of the molecule is C/N=C1/C(C)=CC=C(C)/C1=N/S. The zero-order valence-electron chi connectivity index (χ0n) is 7.50. The zero-order valence-corrected chi connectivity index (χ0v) is 8.39. The highest BCUT2D eigenvalue weighted by Crippen LogP contribution is 2.14. The molecule has 0 bridgehead atoms. The molecule has 0 saturated heterocycles. The van der Waals surface area contributed by atoms with Crippen LogP contribution in [0.3, 0.4) is 0 Å². The van der Waals surface area contributed by atoms with Crippen molar-refractivity contribution in [1.29, 1.82) is 0 Å². The van der Waals surface area contributed by atoms with Crippen molar-refractivity contribution in [3.8, 4) is 0 Å². The molecule has 0 aromatic rings. The summed E-state index contributed by atoms with van der Waals surface area (Å²) in [6, 6.07) is 0. The van der Waals surface area contributed by atoms with Crippen molar-refractivity contribution in [3.05, 3.63) is 23.3 Å². The molecule has 0 aromatic carbocycles. The van der Waals surface area contributed by atoms with Crippen LogP contribution in [-0.4, -0.2) is 18.5 Å². The fourth-order valence-electron chi connectivity index (χ4n) is 1.19. The lowest BCUT2D eigenvalue weighted by atomic mass is 9.96. The molecular formula is C9H12N2S. The standard InChI is InChI=1S/C9H12N2S/c1-6-4-5-7(2)9(11-12)8(6)10-3/h4-5,12H,1-3H3/b10-8-,11-9-. The molecule has 0 N–H and O–H groups in total. The van der Waals surface area contributed by atoms with E-state index in [1.54, 1.807) is 7.05 Å². The van der Waals surface area contributed by atoms with Gasteiger partial charge in [0.1, 0.15) is 0 Å². The molecule has 12 heavy (non-hydrogen) atoms. The van der Waals surface area contributed by atoms with Crippen LogP contribution < -0.4 is 0 Å². The number of aliphatic imine (C=N–C) groups is 1. The number of thiol groups is 1. The quantitative estimate of drug-likeness (QED) is 0.437. The molecule has 1 aliphatic carbocycles. The van der Waals surface area contributed by atoms with Crippen LogP contribution in [0, 0.1) is 0 Å². The summed E-state index contributed by atoms with van der Waals surface area (Å²) in [6.45, 7) is 4.02. The minimum Gasteiger partial charge on any atom is -0.286 e. The fourth-order valence-corrected chi connectivity index (χ4v) is 1.44. The van der Waals surface area contributed by atoms with E-state index in [-0.39, 0.29) is 0 Å². The van der Waals surface area contributed by atoms with E-state index in [1.807, 2.05) is 26.0 Å². The third kappa shape index (κ3) is 1.50. The summed E-state index contributed by atoms with van der Waals surface area (Å²) in [4.78, 5) is 4.16. The molecule has 1 aliphatic rings. The fraction of sp³-hybridized carbons (Fsp3) is 0.333. The van der Waals surface area contributed by atoms with Crippen molar-refractivity contribution >= 4 is 24.2 Å². The van der Waals surface area contributed by atoms with Crippen LogP contribution in [0.4, 0.5) is 0 Å². The van der Waals surface area contributed by atoms with Gasteiger partial charge in [0.15, 0.2) is 0 Å². The monoisotopic (exact) mass is 180 g/mol. The summed E-state index contributed by atoms with van der Waals surface area (Å²) in [6.07, 6.45) is 4.07. The summed E-state index contributed by atoms with van der Waals surface area (Å²) >= 11 is 3.92. The van der Waals surface area contributed by atoms with Crippen molar-refractivity contribution in [3.63, 3.8) is 0 Å². The number of nitrogens with zero attached hydrogens (tertiary/aromatic N) is 2. The molecule has 0 amide bonds. The first-order chi connectivity index (χ1) is 5.70. The molecule has 0 radical (unpaired) electrons. The van der Waals surface area contributed by atoms with Gasteiger partial charge in [0.2, 0.25) is 0 Å². The maximum absolute atomic E-state index is 4.16. The molecule has 0 aliphatic heterocycles. The zero-order chi connectivity index (χ0) is 9.14. The van der Waals surface area contributed by atoms with Gasteiger partial charge < -0.3 is 0 Å². The van der Waals surface area contributed by atoms with Crippen molar-refractivity contribution in [2.24, 2.45) is 9.39 Å². The van der Waals surface area contributed by atoms with Gasteiger partial charge in [-0.2, -0.15) is 0 Å². The number of rotatable bonds is 0. The Hall–Kier alpha value is -0.830. The first-order valence-corrected chi connectivity index (χ1v) is 4.16. The maximum Gasteiger partial charge on any atom is 0.0993 e. The predicted octanol–water partition coefficient (Wildman–Crippen LogP) is 2.25. The minimum atomic E-state index is 0.876. The largest absolute Gasteiger partial charge is 0.286 e. The smallest absolute Gasteiger partial charge is 0.0993 e. The lowest BCUT2D eigenvalue weighted by molar-refractivity contribution is 1.40. The summed E-state index contributed by atoms with van der Waals surface area (Å²) in [5.74, 6) is 0. The molecule has 0 heterocycles. The maximum atomic E-state index is 4.16. The number of allylic oxidation sites excluding steroid dienone is 4. The molecule has 2 nitrogen and oxygen atoms in total. The van der Waals surface area contributed by atoms with Crippen LogP contribution in [0.1, 0.15) is 13.8 Å². The van der Waals surface area contributed by atoms with Crippen LogP contribution in [0.2, 0.25) is 0 Å². The highest BCUT2D eigenvalue weighted by atomic mass is 32.1. The Morgan fingerprint density at radius 1 is 1.08 bits per heavy atom. The molecular weight excluding hydrogens is 168 g/mol. The van der Waals surface area contributed by atoms with Crippen molar-refractivity contribution in [1.82, 2.24) is 0 Å². The Bertz CT molecular complexity index is 276. The first-order valence-electron chi connectivity index (χ1n) is 3.76. The van der Waals surface area contributed by atoms with Crippen LogP contribution in [0.5, 0.6) is 0 Å². The van der Waals surface area contributed by atoms with Gasteiger partial charge in [-0.3, -0.25) is 4.99 Å². The predicted molar refractivity (Wildman–Crippen MR) is 57.3 cm³/mol. The highest BCUT2D eigenvalue weighted by Gasteiger charge is 2.14. The molecule has 0 fully saturated rings. The Morgan fingerprint density at radius 3 is 1.92 bits per heavy atom. The van der Waals surface area contributed by atoms with E-state index < -0.39 is 0 Å². The second kappa shape index (κ2) is 3.72. The summed E-state index contributed by atoms with van der Waals surface area (Å²) in [7, 11) is 1.77. The molecule has 3 heteroatoms. The van der Waals surface area contributed by atoms with E-state index in [4.69, 9.17) is 0 Å². The third-order valence-corrected chi connectivity index (χ3v) is 2.08. The van der Waals surface area contributed by atoms with E-state index in [0.29, 0.717) is 0 Å². The summed E-state index contributed by atoms with van der Waals surface area (Å²) < 4.78 is 3.90. The normalized spacial score (nSPS) is 24.3. The Morgan fingerprint density at radius 2 is 1.58 bits per heavy atom. The second-order valence-electron chi connectivity index (χ2n) is 2.72. The van der Waals surface area contributed by atoms with Gasteiger partial charge >= 0.3 is 0 Å². The lowest BCUT2D eigenvalue weighted by Crippen LogP contribution is -2.18. The minimum absolute atomic E-state index is 0.876. The number of hydrogen-bond acceptors (Lipinski definition) is 3. The molecule has 0 unspecified atom stereocenters. The summed E-state index contributed by atoms with van der Waals surface area (Å²) in [5, 5.41) is 0. The van der Waals surface area contributed by atoms with E-state index in [2.05, 4.69) is 22.2 Å². The Labute approximate surface area is 78.4 Å². The van der Waals surface area contributed by atoms with Gasteiger partial charge in [-0.1, -0.05) is 12.2 Å². The van der Waals surface area contributed by atoms with Crippen LogP contribution >= 0.6 is 12.8 Å². The molecule has 64 valence electrons. The molecule has 0 saturated carbocycles. The van der Waals surface area contributed by atoms with Gasteiger partial charge in [-0.05, 0) is 37.8 Å². The topological polar surface area (TPSA) is 24.7 Å². The molecule has 0 aromatic heterocycles. The van der Waals surface area contributed by atoms with Crippen LogP contribution in [0.15, 0.2) is 32.7 Å². The summed E-state index contributed by atoms with van der Waals surface area (Å²) in [5.41, 5.74) is 4.05. The lowest BCUT2D eigenvalue weighted by Gasteiger charge is -2.13. The molecule has 0 spiro atoms. The molecule has 0 atom stereocenters.